The van der Waals surface area contributed by atoms with Gasteiger partial charge in [-0.2, -0.15) is 0 Å². The maximum atomic E-state index is 13.3. The molecule has 6 N–H and O–H groups in total. The number of aliphatic hydroxyl groups is 5. The summed E-state index contributed by atoms with van der Waals surface area (Å²) in [5, 5.41) is 62.6. The molecule has 2 saturated heterocycles. The van der Waals surface area contributed by atoms with Crippen LogP contribution in [0.1, 0.15) is 31.2 Å². The molecule has 0 aliphatic carbocycles. The predicted octanol–water partition coefficient (Wildman–Crippen LogP) is -3.36. The van der Waals surface area contributed by atoms with Gasteiger partial charge in [-0.15, -0.1) is 5.10 Å². The van der Waals surface area contributed by atoms with Gasteiger partial charge in [0.25, 0.3) is 11.8 Å². The van der Waals surface area contributed by atoms with Gasteiger partial charge in [0.05, 0.1) is 70.8 Å². The Morgan fingerprint density at radius 3 is 2.02 bits per heavy atom. The SMILES string of the molecule is CCN(CCCCO)C(=O)C1O[C@@H](OCCO[C@@H]2C(C(=O)NCCOCCOCCOCCn3nnc(C)c3C)O[C@@H](OC)[C@@H](O)[C@H]2O)[C@@H](O)[C@@H](O)[C@@H]1OC. The van der Waals surface area contributed by atoms with Crippen molar-refractivity contribution < 1.29 is 77.8 Å². The average molecular weight is 796 g/mol. The van der Waals surface area contributed by atoms with Crippen molar-refractivity contribution in [3.63, 3.8) is 0 Å². The van der Waals surface area contributed by atoms with E-state index in [1.54, 1.807) is 11.6 Å². The van der Waals surface area contributed by atoms with Gasteiger partial charge in [-0.25, -0.2) is 4.68 Å². The highest BCUT2D eigenvalue weighted by atomic mass is 16.7. The lowest BCUT2D eigenvalue weighted by Crippen LogP contribution is -2.63. The molecule has 2 aliphatic rings. The lowest BCUT2D eigenvalue weighted by atomic mass is 9.97. The molecular formula is C34H61N5O16. The van der Waals surface area contributed by atoms with Gasteiger partial charge in [0.1, 0.15) is 36.6 Å². The summed E-state index contributed by atoms with van der Waals surface area (Å²) in [5.41, 5.74) is 1.88. The summed E-state index contributed by atoms with van der Waals surface area (Å²) < 4.78 is 51.6. The van der Waals surface area contributed by atoms with E-state index >= 15 is 0 Å². The zero-order chi connectivity index (χ0) is 40.3. The third kappa shape index (κ3) is 13.8. The minimum atomic E-state index is -1.60. The van der Waals surface area contributed by atoms with E-state index in [1.165, 1.54) is 19.1 Å². The molecule has 2 amide bonds. The van der Waals surface area contributed by atoms with Gasteiger partial charge in [0.15, 0.2) is 24.8 Å². The first kappa shape index (κ1) is 46.9. The molecule has 318 valence electrons. The van der Waals surface area contributed by atoms with Crippen molar-refractivity contribution >= 4 is 11.8 Å². The molecule has 0 radical (unpaired) electrons. The van der Waals surface area contributed by atoms with Crippen molar-refractivity contribution in [2.45, 2.75) is 102 Å². The zero-order valence-electron chi connectivity index (χ0n) is 32.4. The van der Waals surface area contributed by atoms with E-state index in [0.29, 0.717) is 58.9 Å². The molecule has 3 rings (SSSR count). The molecule has 1 aromatic rings. The molecular weight excluding hydrogens is 734 g/mol. The summed E-state index contributed by atoms with van der Waals surface area (Å²) in [6.45, 7) is 8.39. The van der Waals surface area contributed by atoms with Gasteiger partial charge in [-0.1, -0.05) is 5.21 Å². The number of likely N-dealkylation sites (N-methyl/N-ethyl adjacent to an activating group) is 1. The summed E-state index contributed by atoms with van der Waals surface area (Å²) in [5.74, 6) is -1.14. The Morgan fingerprint density at radius 1 is 0.782 bits per heavy atom. The number of carbonyl (C=O) groups is 2. The van der Waals surface area contributed by atoms with Gasteiger partial charge in [0, 0.05) is 40.5 Å². The third-order valence-corrected chi connectivity index (χ3v) is 9.25. The molecule has 21 heteroatoms. The standard InChI is InChI=1S/C34H61N5O16/c1-6-38(10-7-8-12-40)32(46)30-27(47-4)23(41)26(44)34(55-30)53-20-19-52-28-24(42)25(43)33(48-5)54-29(28)31(45)35-9-13-49-15-17-51-18-16-50-14-11-39-22(3)21(2)36-37-39/h23-30,33-34,40-44H,6-20H2,1-5H3,(H,35,45)/t23-,24-,25+,26+,27+,28+,29?,30?,33-,34-/m1/s1. The summed E-state index contributed by atoms with van der Waals surface area (Å²) in [7, 11) is 2.53. The van der Waals surface area contributed by atoms with Crippen molar-refractivity contribution in [1.29, 1.82) is 0 Å². The van der Waals surface area contributed by atoms with Crippen LogP contribution in [0.3, 0.4) is 0 Å². The summed E-state index contributed by atoms with van der Waals surface area (Å²) in [6, 6.07) is 0. The van der Waals surface area contributed by atoms with Crippen LogP contribution in [0.25, 0.3) is 0 Å². The van der Waals surface area contributed by atoms with Crippen LogP contribution in [0.2, 0.25) is 0 Å². The fourth-order valence-corrected chi connectivity index (χ4v) is 5.93. The lowest BCUT2D eigenvalue weighted by molar-refractivity contribution is -0.305. The van der Waals surface area contributed by atoms with Gasteiger partial charge in [0.2, 0.25) is 0 Å². The number of aliphatic hydroxyl groups excluding tert-OH is 5. The van der Waals surface area contributed by atoms with Crippen LogP contribution in [0.4, 0.5) is 0 Å². The number of aryl methyl sites for hydroxylation is 1. The Kier molecular flexibility index (Phi) is 21.3. The van der Waals surface area contributed by atoms with Crippen LogP contribution < -0.4 is 5.32 Å². The molecule has 55 heavy (non-hydrogen) atoms. The number of methoxy groups -OCH3 is 2. The van der Waals surface area contributed by atoms with E-state index in [4.69, 9.17) is 47.7 Å². The maximum Gasteiger partial charge on any atom is 0.254 e. The van der Waals surface area contributed by atoms with E-state index in [1.807, 2.05) is 13.8 Å². The van der Waals surface area contributed by atoms with Gasteiger partial charge in [-0.3, -0.25) is 9.59 Å². The second kappa shape index (κ2) is 25.0. The number of hydrogen-bond acceptors (Lipinski definition) is 18. The molecule has 0 aromatic carbocycles. The van der Waals surface area contributed by atoms with Crippen LogP contribution in [0.5, 0.6) is 0 Å². The molecule has 0 saturated carbocycles. The highest BCUT2D eigenvalue weighted by molar-refractivity contribution is 5.82. The maximum absolute atomic E-state index is 13.3. The Bertz CT molecular complexity index is 1250. The topological polar surface area (TPSA) is 264 Å². The molecule has 0 spiro atoms. The smallest absolute Gasteiger partial charge is 0.254 e. The second-order valence-corrected chi connectivity index (χ2v) is 12.9. The highest BCUT2D eigenvalue weighted by Crippen LogP contribution is 2.27. The van der Waals surface area contributed by atoms with Gasteiger partial charge >= 0.3 is 0 Å². The largest absolute Gasteiger partial charge is 0.396 e. The summed E-state index contributed by atoms with van der Waals surface area (Å²) in [6.07, 6.45) is -13.3. The number of nitrogens with one attached hydrogen (secondary N) is 1. The van der Waals surface area contributed by atoms with Gasteiger partial charge in [-0.05, 0) is 33.6 Å². The molecule has 3 heterocycles. The number of hydrogen-bond donors (Lipinski definition) is 6. The number of aromatic nitrogens is 3. The number of unbranched alkanes of at least 4 members (excludes halogenated alkanes) is 1. The number of carbonyl (C=O) groups excluding carboxylic acids is 2. The van der Waals surface area contributed by atoms with E-state index in [0.717, 1.165) is 11.4 Å². The third-order valence-electron chi connectivity index (χ3n) is 9.25. The Labute approximate surface area is 321 Å². The van der Waals surface area contributed by atoms with E-state index in [-0.39, 0.29) is 39.6 Å². The van der Waals surface area contributed by atoms with Crippen LogP contribution >= 0.6 is 0 Å². The minimum absolute atomic E-state index is 0.0203. The Balaban J connectivity index is 1.41. The van der Waals surface area contributed by atoms with Crippen molar-refractivity contribution in [2.24, 2.45) is 0 Å². The quantitative estimate of drug-likeness (QED) is 0.0500. The number of nitrogens with zero attached hydrogens (tertiary/aromatic N) is 4. The normalized spacial score (nSPS) is 28.3. The zero-order valence-corrected chi connectivity index (χ0v) is 32.4. The Morgan fingerprint density at radius 2 is 1.40 bits per heavy atom. The molecule has 2 fully saturated rings. The average Bonchev–Trinajstić information content (AvgIpc) is 3.50. The van der Waals surface area contributed by atoms with E-state index in [2.05, 4.69) is 15.6 Å². The number of rotatable bonds is 26. The predicted molar refractivity (Wildman–Crippen MR) is 188 cm³/mol. The second-order valence-electron chi connectivity index (χ2n) is 12.9. The molecule has 0 bridgehead atoms. The minimum Gasteiger partial charge on any atom is -0.396 e. The monoisotopic (exact) mass is 795 g/mol. The summed E-state index contributed by atoms with van der Waals surface area (Å²) in [4.78, 5) is 28.0. The van der Waals surface area contributed by atoms with E-state index < -0.39 is 73.2 Å². The van der Waals surface area contributed by atoms with Crippen molar-refractivity contribution in [3.8, 4) is 0 Å². The fraction of sp³-hybridized carbons (Fsp3) is 0.882. The van der Waals surface area contributed by atoms with Crippen LogP contribution in [-0.2, 0) is 58.8 Å². The molecule has 2 unspecified atom stereocenters. The van der Waals surface area contributed by atoms with Crippen molar-refractivity contribution in [1.82, 2.24) is 25.2 Å². The molecule has 21 nitrogen and oxygen atoms in total. The lowest BCUT2D eigenvalue weighted by Gasteiger charge is -2.42. The fourth-order valence-electron chi connectivity index (χ4n) is 5.93. The van der Waals surface area contributed by atoms with Crippen LogP contribution in [0.15, 0.2) is 0 Å². The van der Waals surface area contributed by atoms with Crippen LogP contribution in [0, 0.1) is 13.8 Å². The first-order valence-corrected chi connectivity index (χ1v) is 18.6. The highest BCUT2D eigenvalue weighted by Gasteiger charge is 2.50. The summed E-state index contributed by atoms with van der Waals surface area (Å²) >= 11 is 0. The first-order chi connectivity index (χ1) is 26.5. The van der Waals surface area contributed by atoms with Crippen LogP contribution in [-0.4, -0.2) is 212 Å². The van der Waals surface area contributed by atoms with Crippen molar-refractivity contribution in [3.05, 3.63) is 11.4 Å². The van der Waals surface area contributed by atoms with E-state index in [9.17, 15) is 30.0 Å². The van der Waals surface area contributed by atoms with Gasteiger partial charge < -0.3 is 78.4 Å². The Hall–Kier alpha value is -2.48. The number of ether oxygens (including phenoxy) is 9. The van der Waals surface area contributed by atoms with Crippen molar-refractivity contribution in [2.75, 3.05) is 93.3 Å². The molecule has 2 aliphatic heterocycles. The molecule has 1 aromatic heterocycles. The first-order valence-electron chi connectivity index (χ1n) is 18.6. The number of amides is 2. The molecule has 10 atom stereocenters.